The molecular formula is C16H21NO. The van der Waals surface area contributed by atoms with Gasteiger partial charge in [0, 0.05) is 11.4 Å². The molecule has 96 valence electrons. The molecule has 0 radical (unpaired) electrons. The molecule has 0 saturated heterocycles. The fraction of sp³-hybridized carbons (Fsp3) is 0.375. The lowest BCUT2D eigenvalue weighted by Crippen LogP contribution is -2.10. The Kier molecular flexibility index (Phi) is 4.21. The third kappa shape index (κ3) is 2.49. The minimum Gasteiger partial charge on any atom is -0.493 e. The first-order chi connectivity index (χ1) is 8.77. The summed E-state index contributed by atoms with van der Waals surface area (Å²) in [5.74, 6) is 0.945. The topological polar surface area (TPSA) is 35.2 Å². The maximum atomic E-state index is 6.25. The number of ether oxygens (including phenoxy) is 1. The van der Waals surface area contributed by atoms with E-state index in [0.717, 1.165) is 24.0 Å². The maximum absolute atomic E-state index is 6.25. The summed E-state index contributed by atoms with van der Waals surface area (Å²) in [5.41, 5.74) is 7.47. The summed E-state index contributed by atoms with van der Waals surface area (Å²) in [5, 5.41) is 2.37. The summed E-state index contributed by atoms with van der Waals surface area (Å²) in [4.78, 5) is 0. The third-order valence-corrected chi connectivity index (χ3v) is 3.22. The molecule has 0 aliphatic rings. The quantitative estimate of drug-likeness (QED) is 0.860. The highest BCUT2D eigenvalue weighted by molar-refractivity contribution is 5.91. The molecule has 0 aliphatic heterocycles. The molecule has 0 aromatic heterocycles. The second-order valence-corrected chi connectivity index (χ2v) is 4.53. The maximum Gasteiger partial charge on any atom is 0.127 e. The van der Waals surface area contributed by atoms with Crippen LogP contribution in [0.5, 0.6) is 5.75 Å². The van der Waals surface area contributed by atoms with Crippen molar-refractivity contribution < 1.29 is 4.74 Å². The number of fused-ring (bicyclic) bond motifs is 1. The predicted molar refractivity (Wildman–Crippen MR) is 77.0 cm³/mol. The molecule has 2 aromatic rings. The zero-order valence-electron chi connectivity index (χ0n) is 11.1. The Balaban J connectivity index is 2.53. The summed E-state index contributed by atoms with van der Waals surface area (Å²) in [7, 11) is 0. The lowest BCUT2D eigenvalue weighted by molar-refractivity contribution is 0.344. The normalized spacial score (nSPS) is 12.6. The van der Waals surface area contributed by atoms with Gasteiger partial charge in [0.1, 0.15) is 5.75 Å². The van der Waals surface area contributed by atoms with E-state index in [4.69, 9.17) is 10.5 Å². The molecule has 0 fully saturated rings. The van der Waals surface area contributed by atoms with Crippen LogP contribution >= 0.6 is 0 Å². The van der Waals surface area contributed by atoms with Crippen LogP contribution in [0.25, 0.3) is 10.8 Å². The molecule has 2 rings (SSSR count). The Morgan fingerprint density at radius 3 is 2.44 bits per heavy atom. The van der Waals surface area contributed by atoms with Gasteiger partial charge in [0.2, 0.25) is 0 Å². The van der Waals surface area contributed by atoms with Crippen molar-refractivity contribution in [3.8, 4) is 5.75 Å². The molecule has 2 N–H and O–H groups in total. The van der Waals surface area contributed by atoms with Crippen molar-refractivity contribution in [3.05, 3.63) is 42.0 Å². The summed E-state index contributed by atoms with van der Waals surface area (Å²) in [6.07, 6.45) is 2.11. The van der Waals surface area contributed by atoms with Gasteiger partial charge in [0.25, 0.3) is 0 Å². The fourth-order valence-electron chi connectivity index (χ4n) is 2.37. The molecular weight excluding hydrogens is 222 g/mol. The van der Waals surface area contributed by atoms with Gasteiger partial charge in [-0.3, -0.25) is 0 Å². The lowest BCUT2D eigenvalue weighted by Gasteiger charge is -2.16. The van der Waals surface area contributed by atoms with E-state index in [1.54, 1.807) is 0 Å². The number of hydrogen-bond acceptors (Lipinski definition) is 2. The first-order valence-electron chi connectivity index (χ1n) is 6.68. The van der Waals surface area contributed by atoms with Crippen molar-refractivity contribution in [1.29, 1.82) is 0 Å². The van der Waals surface area contributed by atoms with Crippen LogP contribution in [-0.4, -0.2) is 6.61 Å². The van der Waals surface area contributed by atoms with Crippen LogP contribution in [0.2, 0.25) is 0 Å². The Hall–Kier alpha value is -1.54. The van der Waals surface area contributed by atoms with Gasteiger partial charge in [-0.2, -0.15) is 0 Å². The largest absolute Gasteiger partial charge is 0.493 e. The standard InChI is InChI=1S/C16H21NO/c1-3-7-15(17)13-10-11-16(18-4-2)14-9-6-5-8-12(13)14/h5-6,8-11,15H,3-4,7,17H2,1-2H3. The van der Waals surface area contributed by atoms with Crippen molar-refractivity contribution in [2.24, 2.45) is 5.73 Å². The minimum absolute atomic E-state index is 0.107. The molecule has 0 bridgehead atoms. The van der Waals surface area contributed by atoms with Gasteiger partial charge in [-0.1, -0.05) is 43.7 Å². The van der Waals surface area contributed by atoms with E-state index in [1.165, 1.54) is 10.9 Å². The van der Waals surface area contributed by atoms with E-state index in [9.17, 15) is 0 Å². The Morgan fingerprint density at radius 2 is 1.78 bits per heavy atom. The highest BCUT2D eigenvalue weighted by Crippen LogP contribution is 2.32. The Labute approximate surface area is 109 Å². The van der Waals surface area contributed by atoms with Crippen LogP contribution in [-0.2, 0) is 0 Å². The van der Waals surface area contributed by atoms with Crippen molar-refractivity contribution >= 4 is 10.8 Å². The first-order valence-corrected chi connectivity index (χ1v) is 6.68. The van der Waals surface area contributed by atoms with Gasteiger partial charge in [0.05, 0.1) is 6.61 Å². The van der Waals surface area contributed by atoms with Gasteiger partial charge in [-0.05, 0) is 30.4 Å². The molecule has 18 heavy (non-hydrogen) atoms. The van der Waals surface area contributed by atoms with E-state index >= 15 is 0 Å². The monoisotopic (exact) mass is 243 g/mol. The van der Waals surface area contributed by atoms with Gasteiger partial charge >= 0.3 is 0 Å². The number of benzene rings is 2. The van der Waals surface area contributed by atoms with Crippen molar-refractivity contribution in [1.82, 2.24) is 0 Å². The highest BCUT2D eigenvalue weighted by atomic mass is 16.5. The molecule has 1 unspecified atom stereocenters. The fourth-order valence-corrected chi connectivity index (χ4v) is 2.37. The van der Waals surface area contributed by atoms with Crippen molar-refractivity contribution in [2.75, 3.05) is 6.61 Å². The molecule has 2 nitrogen and oxygen atoms in total. The van der Waals surface area contributed by atoms with Crippen LogP contribution in [0.1, 0.15) is 38.3 Å². The molecule has 0 heterocycles. The zero-order valence-corrected chi connectivity index (χ0v) is 11.1. The smallest absolute Gasteiger partial charge is 0.127 e. The third-order valence-electron chi connectivity index (χ3n) is 3.22. The molecule has 0 amide bonds. The van der Waals surface area contributed by atoms with Gasteiger partial charge in [0.15, 0.2) is 0 Å². The summed E-state index contributed by atoms with van der Waals surface area (Å²) >= 11 is 0. The van der Waals surface area contributed by atoms with Gasteiger partial charge in [-0.25, -0.2) is 0 Å². The lowest BCUT2D eigenvalue weighted by atomic mass is 9.96. The van der Waals surface area contributed by atoms with Crippen LogP contribution in [0, 0.1) is 0 Å². The molecule has 1 atom stereocenters. The summed E-state index contributed by atoms with van der Waals surface area (Å²) in [6, 6.07) is 12.6. The van der Waals surface area contributed by atoms with E-state index in [2.05, 4.69) is 31.2 Å². The average Bonchev–Trinajstić information content (AvgIpc) is 2.39. The van der Waals surface area contributed by atoms with Crippen molar-refractivity contribution in [2.45, 2.75) is 32.7 Å². The first kappa shape index (κ1) is 12.9. The van der Waals surface area contributed by atoms with E-state index in [0.29, 0.717) is 6.61 Å². The number of nitrogens with two attached hydrogens (primary N) is 1. The second kappa shape index (κ2) is 5.87. The SMILES string of the molecule is CCCC(N)c1ccc(OCC)c2ccccc12. The predicted octanol–water partition coefficient (Wildman–Crippen LogP) is 4.04. The zero-order chi connectivity index (χ0) is 13.0. The van der Waals surface area contributed by atoms with Gasteiger partial charge in [-0.15, -0.1) is 0 Å². The van der Waals surface area contributed by atoms with E-state index in [1.807, 2.05) is 19.1 Å². The van der Waals surface area contributed by atoms with E-state index < -0.39 is 0 Å². The van der Waals surface area contributed by atoms with Crippen LogP contribution < -0.4 is 10.5 Å². The van der Waals surface area contributed by atoms with E-state index in [-0.39, 0.29) is 6.04 Å². The summed E-state index contributed by atoms with van der Waals surface area (Å²) < 4.78 is 5.67. The minimum atomic E-state index is 0.107. The summed E-state index contributed by atoms with van der Waals surface area (Å²) in [6.45, 7) is 4.85. The van der Waals surface area contributed by atoms with Gasteiger partial charge < -0.3 is 10.5 Å². The molecule has 0 saturated carbocycles. The van der Waals surface area contributed by atoms with Crippen molar-refractivity contribution in [3.63, 3.8) is 0 Å². The molecule has 2 heteroatoms. The molecule has 0 aliphatic carbocycles. The van der Waals surface area contributed by atoms with Crippen LogP contribution in [0.3, 0.4) is 0 Å². The van der Waals surface area contributed by atoms with Crippen LogP contribution in [0.4, 0.5) is 0 Å². The second-order valence-electron chi connectivity index (χ2n) is 4.53. The molecule has 0 spiro atoms. The number of hydrogen-bond donors (Lipinski definition) is 1. The molecule has 2 aromatic carbocycles. The highest BCUT2D eigenvalue weighted by Gasteiger charge is 2.11. The number of rotatable bonds is 5. The Bertz CT molecular complexity index is 521. The average molecular weight is 243 g/mol. The Morgan fingerprint density at radius 1 is 1.06 bits per heavy atom. The van der Waals surface area contributed by atoms with Crippen LogP contribution in [0.15, 0.2) is 36.4 Å².